The summed E-state index contributed by atoms with van der Waals surface area (Å²) in [5, 5.41) is 20.6. The highest BCUT2D eigenvalue weighted by Crippen LogP contribution is 2.35. The molecule has 0 spiro atoms. The smallest absolute Gasteiger partial charge is 0.407 e. The summed E-state index contributed by atoms with van der Waals surface area (Å²) < 4.78 is 53.3. The standard InChI is InChI=1S/C17H13Cl2F4NO3/c18-11-5-8(6-12(19)14(11)25)7-13(16(26)27)24-15(17(21,22)23)9-1-3-10(20)4-2-9/h1-6,13,15,24-25H,7H2,(H,26,27)/t13?,15-/m0/s1. The van der Waals surface area contributed by atoms with Gasteiger partial charge in [-0.25, -0.2) is 4.39 Å². The Hall–Kier alpha value is -2.03. The number of hydrogen-bond donors (Lipinski definition) is 3. The molecule has 4 nitrogen and oxygen atoms in total. The average molecular weight is 426 g/mol. The molecule has 2 atom stereocenters. The molecule has 0 radical (unpaired) electrons. The molecule has 2 aromatic rings. The summed E-state index contributed by atoms with van der Waals surface area (Å²) in [5.41, 5.74) is -0.125. The molecule has 0 aliphatic heterocycles. The molecule has 1 unspecified atom stereocenters. The van der Waals surface area contributed by atoms with Gasteiger partial charge in [-0.05, 0) is 41.8 Å². The van der Waals surface area contributed by atoms with Crippen LogP contribution in [0.5, 0.6) is 5.75 Å². The van der Waals surface area contributed by atoms with Gasteiger partial charge in [0.05, 0.1) is 10.0 Å². The Kier molecular flexibility index (Phi) is 6.56. The zero-order valence-corrected chi connectivity index (χ0v) is 14.9. The summed E-state index contributed by atoms with van der Waals surface area (Å²) in [6.45, 7) is 0. The first-order valence-corrected chi connectivity index (χ1v) is 8.22. The van der Waals surface area contributed by atoms with Gasteiger partial charge >= 0.3 is 12.1 Å². The fourth-order valence-corrected chi connectivity index (χ4v) is 2.96. The van der Waals surface area contributed by atoms with Crippen molar-refractivity contribution < 1.29 is 32.6 Å². The average Bonchev–Trinajstić information content (AvgIpc) is 2.56. The molecule has 0 saturated carbocycles. The van der Waals surface area contributed by atoms with Crippen molar-refractivity contribution in [3.05, 3.63) is 63.4 Å². The second kappa shape index (κ2) is 8.33. The third kappa shape index (κ3) is 5.47. The van der Waals surface area contributed by atoms with E-state index in [1.165, 1.54) is 12.1 Å². The Morgan fingerprint density at radius 3 is 2.07 bits per heavy atom. The molecule has 0 fully saturated rings. The maximum Gasteiger partial charge on any atom is 0.407 e. The monoisotopic (exact) mass is 425 g/mol. The van der Waals surface area contributed by atoms with E-state index in [4.69, 9.17) is 23.2 Å². The fraction of sp³-hybridized carbons (Fsp3) is 0.235. The van der Waals surface area contributed by atoms with Crippen LogP contribution >= 0.6 is 23.2 Å². The second-order valence-electron chi connectivity index (χ2n) is 5.70. The van der Waals surface area contributed by atoms with Crippen LogP contribution in [-0.2, 0) is 11.2 Å². The van der Waals surface area contributed by atoms with Crippen molar-refractivity contribution in [2.75, 3.05) is 0 Å². The number of aliphatic carboxylic acids is 1. The number of benzene rings is 2. The van der Waals surface area contributed by atoms with E-state index in [0.717, 1.165) is 24.3 Å². The number of aromatic hydroxyl groups is 1. The van der Waals surface area contributed by atoms with E-state index in [0.29, 0.717) is 0 Å². The van der Waals surface area contributed by atoms with Crippen molar-refractivity contribution in [1.29, 1.82) is 0 Å². The van der Waals surface area contributed by atoms with Crippen molar-refractivity contribution in [3.63, 3.8) is 0 Å². The largest absolute Gasteiger partial charge is 0.505 e. The van der Waals surface area contributed by atoms with E-state index in [2.05, 4.69) is 0 Å². The van der Waals surface area contributed by atoms with Gasteiger partial charge in [0.2, 0.25) is 0 Å². The van der Waals surface area contributed by atoms with E-state index in [1.54, 1.807) is 0 Å². The van der Waals surface area contributed by atoms with Crippen LogP contribution in [0.25, 0.3) is 0 Å². The second-order valence-corrected chi connectivity index (χ2v) is 6.51. The summed E-state index contributed by atoms with van der Waals surface area (Å²) in [6, 6.07) is 1.99. The molecule has 0 aliphatic carbocycles. The highest BCUT2D eigenvalue weighted by Gasteiger charge is 2.42. The maximum atomic E-state index is 13.4. The van der Waals surface area contributed by atoms with Gasteiger partial charge in [-0.3, -0.25) is 10.1 Å². The number of alkyl halides is 3. The van der Waals surface area contributed by atoms with Gasteiger partial charge < -0.3 is 10.2 Å². The third-order valence-electron chi connectivity index (χ3n) is 3.71. The topological polar surface area (TPSA) is 69.6 Å². The van der Waals surface area contributed by atoms with Crippen LogP contribution in [-0.4, -0.2) is 28.4 Å². The lowest BCUT2D eigenvalue weighted by atomic mass is 10.0. The highest BCUT2D eigenvalue weighted by atomic mass is 35.5. The van der Waals surface area contributed by atoms with Gasteiger partial charge in [-0.2, -0.15) is 13.2 Å². The van der Waals surface area contributed by atoms with Gasteiger partial charge in [0, 0.05) is 0 Å². The van der Waals surface area contributed by atoms with E-state index in [9.17, 15) is 32.6 Å². The summed E-state index contributed by atoms with van der Waals surface area (Å²) in [4.78, 5) is 11.5. The van der Waals surface area contributed by atoms with Crippen molar-refractivity contribution in [2.45, 2.75) is 24.7 Å². The SMILES string of the molecule is O=C(O)C(Cc1cc(Cl)c(O)c(Cl)c1)N[C@@H](c1ccc(F)cc1)C(F)(F)F. The first-order valence-electron chi connectivity index (χ1n) is 7.47. The summed E-state index contributed by atoms with van der Waals surface area (Å²) >= 11 is 11.5. The number of carboxylic acids is 1. The number of phenolic OH excluding ortho intramolecular Hbond substituents is 1. The molecule has 3 N–H and O–H groups in total. The molecule has 0 aromatic heterocycles. The summed E-state index contributed by atoms with van der Waals surface area (Å²) in [7, 11) is 0. The molecule has 0 heterocycles. The lowest BCUT2D eigenvalue weighted by molar-refractivity contribution is -0.163. The van der Waals surface area contributed by atoms with Gasteiger partial charge in [0.15, 0.2) is 5.75 Å². The van der Waals surface area contributed by atoms with Crippen LogP contribution in [0.3, 0.4) is 0 Å². The Morgan fingerprint density at radius 1 is 1.11 bits per heavy atom. The molecule has 0 saturated heterocycles. The highest BCUT2D eigenvalue weighted by molar-refractivity contribution is 6.37. The molecule has 146 valence electrons. The van der Waals surface area contributed by atoms with Crippen LogP contribution in [0, 0.1) is 5.82 Å². The van der Waals surface area contributed by atoms with Crippen LogP contribution < -0.4 is 5.32 Å². The van der Waals surface area contributed by atoms with Gasteiger partial charge in [0.1, 0.15) is 17.9 Å². The number of halogens is 6. The molecular weight excluding hydrogens is 413 g/mol. The van der Waals surface area contributed by atoms with Gasteiger partial charge in [0.25, 0.3) is 0 Å². The van der Waals surface area contributed by atoms with Gasteiger partial charge in [-0.15, -0.1) is 0 Å². The van der Waals surface area contributed by atoms with E-state index >= 15 is 0 Å². The predicted octanol–water partition coefficient (Wildman–Crippen LogP) is 4.73. The number of nitrogens with one attached hydrogen (secondary N) is 1. The quantitative estimate of drug-likeness (QED) is 0.585. The van der Waals surface area contributed by atoms with E-state index in [-0.39, 0.29) is 27.6 Å². The predicted molar refractivity (Wildman–Crippen MR) is 91.6 cm³/mol. The molecule has 0 amide bonds. The van der Waals surface area contributed by atoms with E-state index in [1.807, 2.05) is 5.32 Å². The molecule has 2 aromatic carbocycles. The minimum absolute atomic E-state index is 0.160. The fourth-order valence-electron chi connectivity index (χ4n) is 2.43. The number of carboxylic acid groups (broad SMARTS) is 1. The number of hydrogen-bond acceptors (Lipinski definition) is 3. The molecular formula is C17H13Cl2F4NO3. The minimum atomic E-state index is -4.82. The Labute approximate surface area is 161 Å². The first kappa shape index (κ1) is 21.3. The first-order chi connectivity index (χ1) is 12.5. The number of rotatable bonds is 6. The zero-order valence-electron chi connectivity index (χ0n) is 13.4. The van der Waals surface area contributed by atoms with Crippen molar-refractivity contribution >= 4 is 29.2 Å². The van der Waals surface area contributed by atoms with Crippen LogP contribution in [0.4, 0.5) is 17.6 Å². The molecule has 0 aliphatic rings. The van der Waals surface area contributed by atoms with Crippen molar-refractivity contribution in [1.82, 2.24) is 5.32 Å². The molecule has 0 bridgehead atoms. The van der Waals surface area contributed by atoms with Crippen LogP contribution in [0.15, 0.2) is 36.4 Å². The minimum Gasteiger partial charge on any atom is -0.505 e. The molecule has 27 heavy (non-hydrogen) atoms. The third-order valence-corrected chi connectivity index (χ3v) is 4.29. The normalized spacial score (nSPS) is 14.0. The molecule has 2 rings (SSSR count). The van der Waals surface area contributed by atoms with Gasteiger partial charge in [-0.1, -0.05) is 35.3 Å². The summed E-state index contributed by atoms with van der Waals surface area (Å²) in [6.07, 6.45) is -5.21. The lowest BCUT2D eigenvalue weighted by Crippen LogP contribution is -2.45. The summed E-state index contributed by atoms with van der Waals surface area (Å²) in [5.74, 6) is -2.67. The van der Waals surface area contributed by atoms with Crippen molar-refractivity contribution in [3.8, 4) is 5.75 Å². The Balaban J connectivity index is 2.31. The maximum absolute atomic E-state index is 13.4. The van der Waals surface area contributed by atoms with Crippen LogP contribution in [0.2, 0.25) is 10.0 Å². The lowest BCUT2D eigenvalue weighted by Gasteiger charge is -2.26. The molecule has 10 heteroatoms. The van der Waals surface area contributed by atoms with E-state index < -0.39 is 35.8 Å². The van der Waals surface area contributed by atoms with Crippen molar-refractivity contribution in [2.24, 2.45) is 0 Å². The number of carbonyl (C=O) groups is 1. The zero-order chi connectivity index (χ0) is 20.4. The Bertz CT molecular complexity index is 805. The van der Waals surface area contributed by atoms with Crippen LogP contribution in [0.1, 0.15) is 17.2 Å². The Morgan fingerprint density at radius 2 is 1.63 bits per heavy atom. The number of phenols is 1.